The first-order valence-corrected chi connectivity index (χ1v) is 6.40. The average Bonchev–Trinajstić information content (AvgIpc) is 2.51. The van der Waals surface area contributed by atoms with Crippen molar-refractivity contribution in [3.8, 4) is 11.1 Å². The summed E-state index contributed by atoms with van der Waals surface area (Å²) in [6.07, 6.45) is -2.16. The SMILES string of the molecule is Cn1c(=O)[nH]c2nccc(-c3ccc(C(F)(F)F)nc3)c2c1=O. The zero-order valence-electron chi connectivity index (χ0n) is 11.7. The summed E-state index contributed by atoms with van der Waals surface area (Å²) in [5.41, 5.74) is -1.52. The second-order valence-electron chi connectivity index (χ2n) is 4.81. The minimum atomic E-state index is -4.54. The van der Waals surface area contributed by atoms with Gasteiger partial charge in [-0.25, -0.2) is 9.78 Å². The fourth-order valence-electron chi connectivity index (χ4n) is 2.18. The van der Waals surface area contributed by atoms with Gasteiger partial charge in [0.05, 0.1) is 5.39 Å². The van der Waals surface area contributed by atoms with E-state index in [1.165, 1.54) is 25.4 Å². The smallest absolute Gasteiger partial charge is 0.291 e. The van der Waals surface area contributed by atoms with E-state index in [1.54, 1.807) is 0 Å². The molecular weight excluding hydrogens is 313 g/mol. The molecule has 3 aromatic rings. The summed E-state index contributed by atoms with van der Waals surface area (Å²) >= 11 is 0. The van der Waals surface area contributed by atoms with Crippen LogP contribution in [0.25, 0.3) is 22.2 Å². The monoisotopic (exact) mass is 322 g/mol. The Labute approximate surface area is 126 Å². The Morgan fingerprint density at radius 2 is 1.87 bits per heavy atom. The molecule has 0 atom stereocenters. The Morgan fingerprint density at radius 3 is 2.48 bits per heavy atom. The molecule has 0 aliphatic heterocycles. The van der Waals surface area contributed by atoms with Crippen LogP contribution in [0.4, 0.5) is 13.2 Å². The van der Waals surface area contributed by atoms with Crippen molar-refractivity contribution in [3.63, 3.8) is 0 Å². The maximum absolute atomic E-state index is 12.6. The van der Waals surface area contributed by atoms with E-state index >= 15 is 0 Å². The molecular formula is C14H9F3N4O2. The van der Waals surface area contributed by atoms with E-state index in [0.29, 0.717) is 11.1 Å². The van der Waals surface area contributed by atoms with Crippen molar-refractivity contribution in [3.05, 3.63) is 57.1 Å². The third-order valence-corrected chi connectivity index (χ3v) is 3.36. The van der Waals surface area contributed by atoms with Crippen molar-refractivity contribution in [2.75, 3.05) is 0 Å². The number of rotatable bonds is 1. The van der Waals surface area contributed by atoms with Crippen molar-refractivity contribution >= 4 is 11.0 Å². The summed E-state index contributed by atoms with van der Waals surface area (Å²) in [4.78, 5) is 33.6. The van der Waals surface area contributed by atoms with Gasteiger partial charge in [-0.05, 0) is 12.1 Å². The molecule has 0 saturated heterocycles. The maximum atomic E-state index is 12.6. The average molecular weight is 322 g/mol. The van der Waals surface area contributed by atoms with Crippen LogP contribution in [0.1, 0.15) is 5.69 Å². The normalized spacial score (nSPS) is 11.8. The highest BCUT2D eigenvalue weighted by Crippen LogP contribution is 2.29. The largest absolute Gasteiger partial charge is 0.433 e. The molecule has 9 heteroatoms. The van der Waals surface area contributed by atoms with E-state index < -0.39 is 23.1 Å². The van der Waals surface area contributed by atoms with Gasteiger partial charge in [-0.2, -0.15) is 13.2 Å². The van der Waals surface area contributed by atoms with E-state index in [1.807, 2.05) is 0 Å². The van der Waals surface area contributed by atoms with Crippen molar-refractivity contribution in [2.24, 2.45) is 7.05 Å². The number of aromatic nitrogens is 4. The number of hydrogen-bond donors (Lipinski definition) is 1. The number of nitrogens with one attached hydrogen (secondary N) is 1. The van der Waals surface area contributed by atoms with Crippen molar-refractivity contribution in [1.82, 2.24) is 19.5 Å². The lowest BCUT2D eigenvalue weighted by Gasteiger charge is -2.09. The highest BCUT2D eigenvalue weighted by Gasteiger charge is 2.32. The molecule has 0 saturated carbocycles. The van der Waals surface area contributed by atoms with Crippen LogP contribution in [0.5, 0.6) is 0 Å². The molecule has 3 rings (SSSR count). The fourth-order valence-corrected chi connectivity index (χ4v) is 2.18. The number of aromatic amines is 1. The Kier molecular flexibility index (Phi) is 3.28. The lowest BCUT2D eigenvalue weighted by Crippen LogP contribution is -2.32. The highest BCUT2D eigenvalue weighted by molar-refractivity contribution is 5.91. The van der Waals surface area contributed by atoms with Crippen molar-refractivity contribution in [1.29, 1.82) is 0 Å². The van der Waals surface area contributed by atoms with Gasteiger partial charge < -0.3 is 0 Å². The number of halogens is 3. The predicted octanol–water partition coefficient (Wildman–Crippen LogP) is 1.70. The van der Waals surface area contributed by atoms with Crippen LogP contribution in [0.3, 0.4) is 0 Å². The molecule has 3 aromatic heterocycles. The van der Waals surface area contributed by atoms with Crippen molar-refractivity contribution in [2.45, 2.75) is 6.18 Å². The van der Waals surface area contributed by atoms with Crippen LogP contribution in [0.2, 0.25) is 0 Å². The Hall–Kier alpha value is -2.97. The van der Waals surface area contributed by atoms with Gasteiger partial charge >= 0.3 is 11.9 Å². The van der Waals surface area contributed by atoms with Gasteiger partial charge in [0.1, 0.15) is 11.3 Å². The van der Waals surface area contributed by atoms with Gasteiger partial charge in [0.15, 0.2) is 0 Å². The summed E-state index contributed by atoms with van der Waals surface area (Å²) in [6, 6.07) is 3.53. The van der Waals surface area contributed by atoms with Crippen LogP contribution >= 0.6 is 0 Å². The first-order valence-electron chi connectivity index (χ1n) is 6.40. The molecule has 0 fully saturated rings. The standard InChI is InChI=1S/C14H9F3N4O2/c1-21-12(22)10-8(4-5-18-11(10)20-13(21)23)7-2-3-9(19-6-7)14(15,16)17/h2-6H,1H3,(H,18,20,23). The summed E-state index contributed by atoms with van der Waals surface area (Å²) in [5, 5.41) is 0.108. The van der Waals surface area contributed by atoms with Crippen LogP contribution in [-0.2, 0) is 13.2 Å². The van der Waals surface area contributed by atoms with E-state index in [2.05, 4.69) is 15.0 Å². The Balaban J connectivity index is 2.27. The van der Waals surface area contributed by atoms with Gasteiger partial charge in [0.25, 0.3) is 5.56 Å². The molecule has 0 unspecified atom stereocenters. The van der Waals surface area contributed by atoms with E-state index in [0.717, 1.165) is 16.8 Å². The van der Waals surface area contributed by atoms with Gasteiger partial charge in [-0.3, -0.25) is 19.3 Å². The molecule has 0 radical (unpaired) electrons. The second-order valence-corrected chi connectivity index (χ2v) is 4.81. The topological polar surface area (TPSA) is 80.6 Å². The second kappa shape index (κ2) is 5.04. The molecule has 0 spiro atoms. The molecule has 6 nitrogen and oxygen atoms in total. The predicted molar refractivity (Wildman–Crippen MR) is 75.8 cm³/mol. The van der Waals surface area contributed by atoms with Crippen LogP contribution < -0.4 is 11.2 Å². The fraction of sp³-hybridized carbons (Fsp3) is 0.143. The zero-order chi connectivity index (χ0) is 16.8. The molecule has 0 aliphatic rings. The molecule has 0 aromatic carbocycles. The minimum absolute atomic E-state index is 0.0653. The van der Waals surface area contributed by atoms with E-state index in [4.69, 9.17) is 0 Å². The number of alkyl halides is 3. The number of pyridine rings is 2. The maximum Gasteiger partial charge on any atom is 0.433 e. The number of H-pyrrole nitrogens is 1. The molecule has 3 heterocycles. The molecule has 0 amide bonds. The summed E-state index contributed by atoms with van der Waals surface area (Å²) < 4.78 is 38.6. The van der Waals surface area contributed by atoms with Gasteiger partial charge in [-0.15, -0.1) is 0 Å². The Morgan fingerprint density at radius 1 is 1.13 bits per heavy atom. The molecule has 1 N–H and O–H groups in total. The van der Waals surface area contributed by atoms with E-state index in [9.17, 15) is 22.8 Å². The molecule has 118 valence electrons. The van der Waals surface area contributed by atoms with E-state index in [-0.39, 0.29) is 11.0 Å². The van der Waals surface area contributed by atoms with Crippen LogP contribution in [0, 0.1) is 0 Å². The highest BCUT2D eigenvalue weighted by atomic mass is 19.4. The number of fused-ring (bicyclic) bond motifs is 1. The quantitative estimate of drug-likeness (QED) is 0.739. The zero-order valence-corrected chi connectivity index (χ0v) is 11.7. The lowest BCUT2D eigenvalue weighted by atomic mass is 10.1. The minimum Gasteiger partial charge on any atom is -0.291 e. The molecule has 23 heavy (non-hydrogen) atoms. The third-order valence-electron chi connectivity index (χ3n) is 3.36. The van der Waals surface area contributed by atoms with Crippen molar-refractivity contribution < 1.29 is 13.2 Å². The number of hydrogen-bond acceptors (Lipinski definition) is 4. The summed E-state index contributed by atoms with van der Waals surface area (Å²) in [7, 11) is 1.29. The Bertz CT molecular complexity index is 1000. The number of nitrogens with zero attached hydrogens (tertiary/aromatic N) is 3. The van der Waals surface area contributed by atoms with Gasteiger partial charge in [0.2, 0.25) is 0 Å². The molecule has 0 aliphatic carbocycles. The van der Waals surface area contributed by atoms with Crippen LogP contribution in [0.15, 0.2) is 40.2 Å². The first-order chi connectivity index (χ1) is 10.8. The lowest BCUT2D eigenvalue weighted by molar-refractivity contribution is -0.141. The first kappa shape index (κ1) is 14.9. The molecule has 0 bridgehead atoms. The summed E-state index contributed by atoms with van der Waals surface area (Å²) in [6.45, 7) is 0. The van der Waals surface area contributed by atoms with Gasteiger partial charge in [-0.1, -0.05) is 6.07 Å². The third kappa shape index (κ3) is 2.50. The van der Waals surface area contributed by atoms with Gasteiger partial charge in [0, 0.05) is 30.6 Å². The van der Waals surface area contributed by atoms with Crippen LogP contribution in [-0.4, -0.2) is 19.5 Å². The summed E-state index contributed by atoms with van der Waals surface area (Å²) in [5.74, 6) is 0.